The number of carbonyl (C=O) groups is 1. The molecule has 1 unspecified atom stereocenters. The number of alkyl halides is 3. The number of hydrogen-bond acceptors (Lipinski definition) is 2. The van der Waals surface area contributed by atoms with Gasteiger partial charge in [0, 0.05) is 6.54 Å². The van der Waals surface area contributed by atoms with E-state index in [1.54, 1.807) is 0 Å². The highest BCUT2D eigenvalue weighted by Gasteiger charge is 2.32. The van der Waals surface area contributed by atoms with Crippen LogP contribution in [0.5, 0.6) is 0 Å². The first-order valence-corrected chi connectivity index (χ1v) is 5.03. The minimum Gasteiger partial charge on any atom is -0.480 e. The Hall–Kier alpha value is -1.56. The first-order valence-electron chi connectivity index (χ1n) is 5.03. The average Bonchev–Trinajstić information content (AvgIpc) is 2.26. The van der Waals surface area contributed by atoms with E-state index in [0.717, 1.165) is 12.1 Å². The van der Waals surface area contributed by atoms with Crippen LogP contribution in [-0.4, -0.2) is 17.1 Å². The van der Waals surface area contributed by atoms with Crippen molar-refractivity contribution in [1.29, 1.82) is 0 Å². The van der Waals surface area contributed by atoms with Crippen molar-refractivity contribution >= 4 is 5.97 Å². The second-order valence-electron chi connectivity index (χ2n) is 3.96. The second kappa shape index (κ2) is 4.03. The van der Waals surface area contributed by atoms with Crippen LogP contribution in [0.1, 0.15) is 16.7 Å². The van der Waals surface area contributed by atoms with Gasteiger partial charge in [-0.1, -0.05) is 6.07 Å². The van der Waals surface area contributed by atoms with Gasteiger partial charge >= 0.3 is 12.1 Å². The van der Waals surface area contributed by atoms with E-state index < -0.39 is 23.8 Å². The quantitative estimate of drug-likeness (QED) is 0.793. The molecule has 92 valence electrons. The van der Waals surface area contributed by atoms with Crippen molar-refractivity contribution in [3.8, 4) is 0 Å². The first-order chi connectivity index (χ1) is 7.88. The number of benzene rings is 1. The number of hydrogen-bond donors (Lipinski definition) is 2. The summed E-state index contributed by atoms with van der Waals surface area (Å²) in [7, 11) is 0. The van der Waals surface area contributed by atoms with E-state index in [-0.39, 0.29) is 13.0 Å². The third kappa shape index (κ3) is 2.41. The Balaban J connectivity index is 2.29. The number of nitrogens with one attached hydrogen (secondary N) is 1. The summed E-state index contributed by atoms with van der Waals surface area (Å²) < 4.78 is 37.3. The number of halogens is 3. The van der Waals surface area contributed by atoms with E-state index in [0.29, 0.717) is 11.1 Å². The molecule has 1 atom stereocenters. The molecule has 0 spiro atoms. The van der Waals surface area contributed by atoms with E-state index in [9.17, 15) is 18.0 Å². The zero-order valence-electron chi connectivity index (χ0n) is 8.71. The first kappa shape index (κ1) is 11.9. The average molecular weight is 245 g/mol. The highest BCUT2D eigenvalue weighted by Crippen LogP contribution is 2.31. The van der Waals surface area contributed by atoms with Crippen LogP contribution in [0.2, 0.25) is 0 Å². The molecular weight excluding hydrogens is 235 g/mol. The highest BCUT2D eigenvalue weighted by atomic mass is 19.4. The topological polar surface area (TPSA) is 49.3 Å². The lowest BCUT2D eigenvalue weighted by atomic mass is 9.94. The molecule has 0 amide bonds. The summed E-state index contributed by atoms with van der Waals surface area (Å²) in [6.45, 7) is 0.149. The van der Waals surface area contributed by atoms with Gasteiger partial charge in [-0.2, -0.15) is 13.2 Å². The van der Waals surface area contributed by atoms with Crippen molar-refractivity contribution in [2.75, 3.05) is 0 Å². The summed E-state index contributed by atoms with van der Waals surface area (Å²) in [5.74, 6) is -0.990. The van der Waals surface area contributed by atoms with E-state index in [4.69, 9.17) is 5.11 Å². The fraction of sp³-hybridized carbons (Fsp3) is 0.364. The van der Waals surface area contributed by atoms with E-state index >= 15 is 0 Å². The van der Waals surface area contributed by atoms with Crippen LogP contribution in [0.3, 0.4) is 0 Å². The molecule has 0 saturated carbocycles. The predicted octanol–water partition coefficient (Wildman–Crippen LogP) is 1.80. The minimum absolute atomic E-state index is 0.149. The van der Waals surface area contributed by atoms with Crippen molar-refractivity contribution in [2.45, 2.75) is 25.2 Å². The molecule has 0 bridgehead atoms. The number of aliphatic carboxylic acids is 1. The van der Waals surface area contributed by atoms with Crippen LogP contribution in [0.4, 0.5) is 13.2 Å². The van der Waals surface area contributed by atoms with Gasteiger partial charge in [0.25, 0.3) is 0 Å². The van der Waals surface area contributed by atoms with Gasteiger partial charge in [0.15, 0.2) is 0 Å². The van der Waals surface area contributed by atoms with Gasteiger partial charge in [0.2, 0.25) is 0 Å². The number of fused-ring (bicyclic) bond motifs is 1. The Morgan fingerprint density at radius 1 is 1.35 bits per heavy atom. The summed E-state index contributed by atoms with van der Waals surface area (Å²) in [4.78, 5) is 10.7. The predicted molar refractivity (Wildman–Crippen MR) is 53.4 cm³/mol. The van der Waals surface area contributed by atoms with Crippen LogP contribution in [0.15, 0.2) is 18.2 Å². The van der Waals surface area contributed by atoms with Gasteiger partial charge < -0.3 is 10.4 Å². The van der Waals surface area contributed by atoms with Gasteiger partial charge in [0.05, 0.1) is 5.56 Å². The van der Waals surface area contributed by atoms with E-state index in [1.165, 1.54) is 6.07 Å². The van der Waals surface area contributed by atoms with Crippen molar-refractivity contribution < 1.29 is 23.1 Å². The van der Waals surface area contributed by atoms with Gasteiger partial charge in [-0.05, 0) is 29.7 Å². The molecule has 17 heavy (non-hydrogen) atoms. The molecule has 6 heteroatoms. The lowest BCUT2D eigenvalue weighted by molar-refractivity contribution is -0.140. The maximum Gasteiger partial charge on any atom is 0.416 e. The maximum absolute atomic E-state index is 12.4. The Labute approximate surface area is 95.3 Å². The Morgan fingerprint density at radius 3 is 2.65 bits per heavy atom. The molecule has 2 rings (SSSR count). The number of carboxylic acid groups (broad SMARTS) is 1. The standard InChI is InChI=1S/C11H10F3NO2/c12-11(13,14)8-2-1-6-4-9(10(16)17)15-5-7(6)3-8/h1-3,9,15H,4-5H2,(H,16,17). The molecule has 1 aromatic rings. The molecule has 0 aliphatic carbocycles. The van der Waals surface area contributed by atoms with Gasteiger partial charge in [-0.25, -0.2) is 0 Å². The molecule has 0 saturated heterocycles. The summed E-state index contributed by atoms with van der Waals surface area (Å²) in [6.07, 6.45) is -4.15. The van der Waals surface area contributed by atoms with Crippen molar-refractivity contribution in [1.82, 2.24) is 5.32 Å². The molecule has 0 radical (unpaired) electrons. The summed E-state index contributed by atoms with van der Waals surface area (Å²) >= 11 is 0. The zero-order valence-corrected chi connectivity index (χ0v) is 8.71. The largest absolute Gasteiger partial charge is 0.480 e. The van der Waals surface area contributed by atoms with Gasteiger partial charge in [0.1, 0.15) is 6.04 Å². The molecule has 3 nitrogen and oxygen atoms in total. The maximum atomic E-state index is 12.4. The Bertz CT molecular complexity index is 457. The minimum atomic E-state index is -4.36. The lowest BCUT2D eigenvalue weighted by Gasteiger charge is -2.23. The van der Waals surface area contributed by atoms with Crippen LogP contribution in [-0.2, 0) is 23.9 Å². The second-order valence-corrected chi connectivity index (χ2v) is 3.96. The molecule has 1 aliphatic heterocycles. The molecule has 0 aromatic heterocycles. The van der Waals surface area contributed by atoms with Gasteiger partial charge in [-0.15, -0.1) is 0 Å². The molecule has 1 aromatic carbocycles. The van der Waals surface area contributed by atoms with Crippen molar-refractivity contribution in [3.05, 3.63) is 34.9 Å². The SMILES string of the molecule is O=C(O)C1Cc2ccc(C(F)(F)F)cc2CN1. The highest BCUT2D eigenvalue weighted by molar-refractivity contribution is 5.74. The Kier molecular flexibility index (Phi) is 2.82. The Morgan fingerprint density at radius 2 is 2.06 bits per heavy atom. The molecule has 1 heterocycles. The number of carboxylic acids is 1. The molecule has 0 fully saturated rings. The van der Waals surface area contributed by atoms with Crippen LogP contribution >= 0.6 is 0 Å². The summed E-state index contributed by atoms with van der Waals surface area (Å²) in [5.41, 5.74) is 0.466. The molecular formula is C11H10F3NO2. The smallest absolute Gasteiger partial charge is 0.416 e. The van der Waals surface area contributed by atoms with Crippen molar-refractivity contribution in [3.63, 3.8) is 0 Å². The third-order valence-corrected chi connectivity index (χ3v) is 2.79. The van der Waals surface area contributed by atoms with Crippen molar-refractivity contribution in [2.24, 2.45) is 0 Å². The molecule has 1 aliphatic rings. The fourth-order valence-corrected chi connectivity index (χ4v) is 1.87. The van der Waals surface area contributed by atoms with E-state index in [1.807, 2.05) is 0 Å². The fourth-order valence-electron chi connectivity index (χ4n) is 1.87. The van der Waals surface area contributed by atoms with Gasteiger partial charge in [-0.3, -0.25) is 4.79 Å². The summed E-state index contributed by atoms with van der Waals surface area (Å²) in [5, 5.41) is 11.5. The number of rotatable bonds is 1. The normalized spacial score (nSPS) is 19.8. The van der Waals surface area contributed by atoms with E-state index in [2.05, 4.69) is 5.32 Å². The zero-order chi connectivity index (χ0) is 12.6. The van der Waals surface area contributed by atoms with Crippen LogP contribution in [0.25, 0.3) is 0 Å². The third-order valence-electron chi connectivity index (χ3n) is 2.79. The van der Waals surface area contributed by atoms with Crippen LogP contribution in [0, 0.1) is 0 Å². The molecule has 2 N–H and O–H groups in total. The monoisotopic (exact) mass is 245 g/mol. The van der Waals surface area contributed by atoms with Crippen LogP contribution < -0.4 is 5.32 Å². The lowest BCUT2D eigenvalue weighted by Crippen LogP contribution is -2.41. The summed E-state index contributed by atoms with van der Waals surface area (Å²) in [6, 6.07) is 2.69.